The number of likely N-dealkylation sites (N-methyl/N-ethyl adjacent to an activating group) is 1. The molecule has 0 N–H and O–H groups in total. The van der Waals surface area contributed by atoms with Crippen LogP contribution in [0, 0.1) is 5.82 Å². The van der Waals surface area contributed by atoms with Crippen LogP contribution < -0.4 is 4.74 Å². The van der Waals surface area contributed by atoms with Crippen molar-refractivity contribution in [2.75, 3.05) is 20.7 Å². The number of carbonyl (C=O) groups excluding carboxylic acids is 1. The van der Waals surface area contributed by atoms with Gasteiger partial charge in [-0.25, -0.2) is 12.8 Å². The van der Waals surface area contributed by atoms with Gasteiger partial charge in [0.05, 0.1) is 18.6 Å². The summed E-state index contributed by atoms with van der Waals surface area (Å²) in [4.78, 5) is 14.4. The molecule has 1 amide bonds. The fraction of sp³-hybridized carbons (Fsp3) is 0.208. The minimum atomic E-state index is -3.91. The van der Waals surface area contributed by atoms with Crippen LogP contribution in [0.1, 0.15) is 11.1 Å². The number of carbonyl (C=O) groups is 1. The molecule has 0 aliphatic rings. The lowest BCUT2D eigenvalue weighted by Gasteiger charge is -2.25. The highest BCUT2D eigenvalue weighted by Gasteiger charge is 2.28. The molecular formula is C24H25FN2O4S. The number of sulfonamides is 1. The van der Waals surface area contributed by atoms with E-state index in [1.165, 1.54) is 36.3 Å². The third-order valence-corrected chi connectivity index (χ3v) is 6.76. The molecule has 0 bridgehead atoms. The minimum Gasteiger partial charge on any atom is -0.494 e. The van der Waals surface area contributed by atoms with Crippen LogP contribution >= 0.6 is 0 Å². The zero-order valence-electron chi connectivity index (χ0n) is 17.9. The fourth-order valence-electron chi connectivity index (χ4n) is 3.20. The molecule has 8 heteroatoms. The first-order valence-corrected chi connectivity index (χ1v) is 11.4. The van der Waals surface area contributed by atoms with Crippen molar-refractivity contribution in [2.24, 2.45) is 0 Å². The number of amides is 1. The van der Waals surface area contributed by atoms with Crippen LogP contribution in [0.3, 0.4) is 0 Å². The van der Waals surface area contributed by atoms with Gasteiger partial charge in [-0.05, 0) is 35.4 Å². The molecule has 168 valence electrons. The molecule has 0 aliphatic carbocycles. The zero-order chi connectivity index (χ0) is 23.1. The van der Waals surface area contributed by atoms with Crippen molar-refractivity contribution in [2.45, 2.75) is 18.0 Å². The van der Waals surface area contributed by atoms with E-state index in [0.717, 1.165) is 9.87 Å². The van der Waals surface area contributed by atoms with E-state index in [1.54, 1.807) is 31.3 Å². The Kier molecular flexibility index (Phi) is 7.61. The highest BCUT2D eigenvalue weighted by Crippen LogP contribution is 2.20. The van der Waals surface area contributed by atoms with Crippen LogP contribution in [0.4, 0.5) is 4.39 Å². The van der Waals surface area contributed by atoms with Crippen LogP contribution in [0.5, 0.6) is 5.75 Å². The molecule has 0 heterocycles. The van der Waals surface area contributed by atoms with Crippen LogP contribution in [-0.2, 0) is 27.9 Å². The molecule has 0 spiro atoms. The molecule has 0 saturated heterocycles. The maximum Gasteiger partial charge on any atom is 0.243 e. The van der Waals surface area contributed by atoms with Gasteiger partial charge >= 0.3 is 0 Å². The summed E-state index contributed by atoms with van der Waals surface area (Å²) in [7, 11) is -0.974. The molecule has 3 aromatic carbocycles. The van der Waals surface area contributed by atoms with Crippen molar-refractivity contribution in [3.63, 3.8) is 0 Å². The van der Waals surface area contributed by atoms with Crippen LogP contribution in [-0.4, -0.2) is 44.2 Å². The van der Waals surface area contributed by atoms with Crippen molar-refractivity contribution >= 4 is 15.9 Å². The third-order valence-electron chi connectivity index (χ3n) is 4.96. The Balaban J connectivity index is 1.80. The Bertz CT molecular complexity index is 1160. The fourth-order valence-corrected chi connectivity index (χ4v) is 4.59. The molecule has 6 nitrogen and oxygen atoms in total. The van der Waals surface area contributed by atoms with Crippen molar-refractivity contribution in [1.29, 1.82) is 0 Å². The maximum absolute atomic E-state index is 14.0. The van der Waals surface area contributed by atoms with Gasteiger partial charge in [0.15, 0.2) is 11.6 Å². The average molecular weight is 457 g/mol. The second kappa shape index (κ2) is 10.4. The topological polar surface area (TPSA) is 66.9 Å². The summed E-state index contributed by atoms with van der Waals surface area (Å²) in [6.07, 6.45) is 0. The van der Waals surface area contributed by atoms with Gasteiger partial charge in [0, 0.05) is 20.1 Å². The Morgan fingerprint density at radius 2 is 1.53 bits per heavy atom. The van der Waals surface area contributed by atoms with Crippen molar-refractivity contribution in [1.82, 2.24) is 9.21 Å². The largest absolute Gasteiger partial charge is 0.494 e. The molecule has 0 unspecified atom stereocenters. The van der Waals surface area contributed by atoms with Crippen molar-refractivity contribution in [3.8, 4) is 5.75 Å². The maximum atomic E-state index is 14.0. The summed E-state index contributed by atoms with van der Waals surface area (Å²) >= 11 is 0. The zero-order valence-corrected chi connectivity index (χ0v) is 18.8. The Labute approximate surface area is 187 Å². The number of halogens is 1. The predicted octanol–water partition coefficient (Wildman–Crippen LogP) is 3.68. The van der Waals surface area contributed by atoms with Gasteiger partial charge in [0.1, 0.15) is 0 Å². The molecule has 0 radical (unpaired) electrons. The number of hydrogen-bond acceptors (Lipinski definition) is 4. The predicted molar refractivity (Wildman–Crippen MR) is 120 cm³/mol. The van der Waals surface area contributed by atoms with E-state index >= 15 is 0 Å². The number of rotatable bonds is 9. The SMILES string of the molecule is COc1ccc(CN(C)C(=O)CN(Cc2ccccc2)S(=O)(=O)c2ccccc2)cc1F. The first kappa shape index (κ1) is 23.4. The Morgan fingerprint density at radius 1 is 0.906 bits per heavy atom. The molecule has 0 fully saturated rings. The van der Waals surface area contributed by atoms with Crippen molar-refractivity contribution < 1.29 is 22.3 Å². The number of methoxy groups -OCH3 is 1. The number of benzene rings is 3. The first-order chi connectivity index (χ1) is 15.3. The van der Waals surface area contributed by atoms with Crippen molar-refractivity contribution in [3.05, 3.63) is 95.8 Å². The lowest BCUT2D eigenvalue weighted by Crippen LogP contribution is -2.40. The smallest absolute Gasteiger partial charge is 0.243 e. The molecule has 0 atom stereocenters. The van der Waals surface area contributed by atoms with Gasteiger partial charge in [-0.1, -0.05) is 54.6 Å². The highest BCUT2D eigenvalue weighted by atomic mass is 32.2. The molecule has 3 rings (SSSR count). The second-order valence-corrected chi connectivity index (χ2v) is 9.23. The lowest BCUT2D eigenvalue weighted by atomic mass is 10.2. The first-order valence-electron chi connectivity index (χ1n) is 9.97. The van der Waals surface area contributed by atoms with Gasteiger partial charge in [-0.2, -0.15) is 4.31 Å². The quantitative estimate of drug-likeness (QED) is 0.493. The summed E-state index contributed by atoms with van der Waals surface area (Å²) in [5, 5.41) is 0. The van der Waals surface area contributed by atoms with E-state index in [1.807, 2.05) is 30.3 Å². The standard InChI is InChI=1S/C24H25FN2O4S/c1-26(16-20-13-14-23(31-2)22(25)15-20)24(28)18-27(17-19-9-5-3-6-10-19)32(29,30)21-11-7-4-8-12-21/h3-15H,16-18H2,1-2H3. The van der Waals surface area contributed by atoms with E-state index < -0.39 is 21.7 Å². The van der Waals surface area contributed by atoms with E-state index in [0.29, 0.717) is 5.56 Å². The van der Waals surface area contributed by atoms with Gasteiger partial charge in [0.2, 0.25) is 15.9 Å². The molecule has 0 aliphatic heterocycles. The van der Waals surface area contributed by atoms with Crippen LogP contribution in [0.15, 0.2) is 83.8 Å². The van der Waals surface area contributed by atoms with E-state index in [-0.39, 0.29) is 30.3 Å². The lowest BCUT2D eigenvalue weighted by molar-refractivity contribution is -0.130. The van der Waals surface area contributed by atoms with Gasteiger partial charge in [-0.3, -0.25) is 4.79 Å². The number of nitrogens with zero attached hydrogens (tertiary/aromatic N) is 2. The summed E-state index contributed by atoms with van der Waals surface area (Å²) in [5.74, 6) is -0.814. The molecular weight excluding hydrogens is 431 g/mol. The summed E-state index contributed by atoms with van der Waals surface area (Å²) < 4.78 is 46.6. The van der Waals surface area contributed by atoms with Gasteiger partial charge in [0.25, 0.3) is 0 Å². The molecule has 0 aromatic heterocycles. The second-order valence-electron chi connectivity index (χ2n) is 7.29. The van der Waals surface area contributed by atoms with Crippen LogP contribution in [0.25, 0.3) is 0 Å². The van der Waals surface area contributed by atoms with Crippen LogP contribution in [0.2, 0.25) is 0 Å². The van der Waals surface area contributed by atoms with E-state index in [9.17, 15) is 17.6 Å². The summed E-state index contributed by atoms with van der Waals surface area (Å²) in [6, 6.07) is 21.5. The Hall–Kier alpha value is -3.23. The van der Waals surface area contributed by atoms with E-state index in [4.69, 9.17) is 4.74 Å². The monoisotopic (exact) mass is 456 g/mol. The Morgan fingerprint density at radius 3 is 2.12 bits per heavy atom. The molecule has 32 heavy (non-hydrogen) atoms. The van der Waals surface area contributed by atoms with Gasteiger partial charge in [-0.15, -0.1) is 0 Å². The minimum absolute atomic E-state index is 0.0504. The average Bonchev–Trinajstić information content (AvgIpc) is 2.80. The summed E-state index contributed by atoms with van der Waals surface area (Å²) in [5.41, 5.74) is 1.33. The third kappa shape index (κ3) is 5.72. The normalized spacial score (nSPS) is 11.4. The number of hydrogen-bond donors (Lipinski definition) is 0. The van der Waals surface area contributed by atoms with E-state index in [2.05, 4.69) is 0 Å². The molecule has 0 saturated carbocycles. The highest BCUT2D eigenvalue weighted by molar-refractivity contribution is 7.89. The summed E-state index contributed by atoms with van der Waals surface area (Å²) in [6.45, 7) is -0.166. The molecule has 3 aromatic rings. The van der Waals surface area contributed by atoms with Gasteiger partial charge < -0.3 is 9.64 Å². The number of ether oxygens (including phenoxy) is 1.